The van der Waals surface area contributed by atoms with Gasteiger partial charge in [0.05, 0.1) is 43.0 Å². The molecule has 0 aliphatic carbocycles. The van der Waals surface area contributed by atoms with Gasteiger partial charge < -0.3 is 35.0 Å². The number of benzene rings is 3. The lowest BCUT2D eigenvalue weighted by Crippen LogP contribution is -2.54. The number of aromatic nitrogens is 2. The van der Waals surface area contributed by atoms with Crippen LogP contribution in [0.15, 0.2) is 59.1 Å². The Labute approximate surface area is 261 Å². The SMILES string of the molecule is Cc1c(COc2ccc(CNC(CO)(CO)CO)cc2Cl)cccc1-c1cccc(-c2noc(CN3CC[C@@H](O)C3)n2)c1C. The zero-order chi connectivity index (χ0) is 31.3. The van der Waals surface area contributed by atoms with Crippen molar-refractivity contribution in [1.29, 1.82) is 0 Å². The van der Waals surface area contributed by atoms with E-state index < -0.39 is 25.4 Å². The molecule has 0 saturated carbocycles. The van der Waals surface area contributed by atoms with Gasteiger partial charge >= 0.3 is 0 Å². The van der Waals surface area contributed by atoms with Gasteiger partial charge in [0.1, 0.15) is 12.4 Å². The second-order valence-corrected chi connectivity index (χ2v) is 11.8. The van der Waals surface area contributed by atoms with E-state index in [1.165, 1.54) is 0 Å². The first-order valence-corrected chi connectivity index (χ1v) is 15.0. The maximum atomic E-state index is 9.81. The molecule has 1 aliphatic heterocycles. The quantitative estimate of drug-likeness (QED) is 0.150. The Balaban J connectivity index is 1.28. The van der Waals surface area contributed by atoms with Crippen LogP contribution in [0.2, 0.25) is 5.02 Å². The Morgan fingerprint density at radius 2 is 1.70 bits per heavy atom. The molecule has 0 bridgehead atoms. The first kappa shape index (κ1) is 32.1. The molecule has 0 amide bonds. The third kappa shape index (κ3) is 7.13. The lowest BCUT2D eigenvalue weighted by atomic mass is 9.91. The fourth-order valence-electron chi connectivity index (χ4n) is 5.41. The van der Waals surface area contributed by atoms with Crippen molar-refractivity contribution in [3.8, 4) is 28.3 Å². The molecule has 1 atom stereocenters. The molecule has 3 aromatic carbocycles. The van der Waals surface area contributed by atoms with Gasteiger partial charge in [-0.2, -0.15) is 4.98 Å². The highest BCUT2D eigenvalue weighted by molar-refractivity contribution is 6.32. The van der Waals surface area contributed by atoms with Crippen LogP contribution in [0, 0.1) is 13.8 Å². The van der Waals surface area contributed by atoms with Crippen molar-refractivity contribution in [1.82, 2.24) is 20.4 Å². The van der Waals surface area contributed by atoms with Crippen molar-refractivity contribution in [2.75, 3.05) is 32.9 Å². The van der Waals surface area contributed by atoms with E-state index in [2.05, 4.69) is 46.3 Å². The molecule has 10 nitrogen and oxygen atoms in total. The third-order valence-electron chi connectivity index (χ3n) is 8.34. The van der Waals surface area contributed by atoms with E-state index in [0.717, 1.165) is 51.9 Å². The van der Waals surface area contributed by atoms with E-state index in [9.17, 15) is 20.4 Å². The molecule has 234 valence electrons. The van der Waals surface area contributed by atoms with Crippen LogP contribution in [0.5, 0.6) is 5.75 Å². The van der Waals surface area contributed by atoms with Gasteiger partial charge in [0.2, 0.25) is 11.7 Å². The average molecular weight is 623 g/mol. The molecule has 4 aromatic rings. The second-order valence-electron chi connectivity index (χ2n) is 11.4. The Morgan fingerprint density at radius 1 is 1.00 bits per heavy atom. The lowest BCUT2D eigenvalue weighted by molar-refractivity contribution is 0.0414. The molecule has 1 saturated heterocycles. The maximum absolute atomic E-state index is 9.81. The number of aliphatic hydroxyl groups is 4. The molecular formula is C33H39ClN4O6. The Kier molecular flexibility index (Phi) is 10.3. The number of hydrogen-bond donors (Lipinski definition) is 5. The number of rotatable bonds is 13. The summed E-state index contributed by atoms with van der Waals surface area (Å²) in [4.78, 5) is 6.76. The van der Waals surface area contributed by atoms with E-state index in [1.54, 1.807) is 12.1 Å². The minimum absolute atomic E-state index is 0.300. The highest BCUT2D eigenvalue weighted by Crippen LogP contribution is 2.34. The van der Waals surface area contributed by atoms with Crippen molar-refractivity contribution in [2.24, 2.45) is 0 Å². The Hall–Kier alpha value is -3.35. The summed E-state index contributed by atoms with van der Waals surface area (Å²) in [6.07, 6.45) is 0.457. The van der Waals surface area contributed by atoms with Crippen molar-refractivity contribution < 1.29 is 29.7 Å². The fraction of sp³-hybridized carbons (Fsp3) is 0.394. The van der Waals surface area contributed by atoms with Gasteiger partial charge in [-0.25, -0.2) is 0 Å². The molecule has 5 N–H and O–H groups in total. The van der Waals surface area contributed by atoms with Crippen LogP contribution in [0.4, 0.5) is 0 Å². The van der Waals surface area contributed by atoms with E-state index in [0.29, 0.717) is 48.7 Å². The van der Waals surface area contributed by atoms with Crippen LogP contribution in [-0.4, -0.2) is 80.0 Å². The number of hydrogen-bond acceptors (Lipinski definition) is 10. The largest absolute Gasteiger partial charge is 0.487 e. The highest BCUT2D eigenvalue weighted by atomic mass is 35.5. The molecule has 44 heavy (non-hydrogen) atoms. The molecule has 2 heterocycles. The zero-order valence-corrected chi connectivity index (χ0v) is 25.7. The number of aliphatic hydroxyl groups excluding tert-OH is 4. The molecule has 1 aromatic heterocycles. The minimum atomic E-state index is -1.17. The summed E-state index contributed by atoms with van der Waals surface area (Å²) in [5.41, 5.74) is 5.83. The maximum Gasteiger partial charge on any atom is 0.241 e. The summed E-state index contributed by atoms with van der Waals surface area (Å²) in [6.45, 7) is 5.48. The van der Waals surface area contributed by atoms with Crippen LogP contribution in [-0.2, 0) is 19.7 Å². The topological polar surface area (TPSA) is 144 Å². The van der Waals surface area contributed by atoms with E-state index >= 15 is 0 Å². The van der Waals surface area contributed by atoms with E-state index in [1.807, 2.05) is 30.3 Å². The van der Waals surface area contributed by atoms with Gasteiger partial charge in [-0.05, 0) is 65.8 Å². The molecule has 5 rings (SSSR count). The predicted molar refractivity (Wildman–Crippen MR) is 167 cm³/mol. The molecule has 1 fully saturated rings. The number of nitrogens with zero attached hydrogens (tertiary/aromatic N) is 3. The Bertz CT molecular complexity index is 1570. The first-order valence-electron chi connectivity index (χ1n) is 14.7. The second kappa shape index (κ2) is 14.2. The molecule has 1 aliphatic rings. The van der Waals surface area contributed by atoms with Gasteiger partial charge in [0.15, 0.2) is 0 Å². The van der Waals surface area contributed by atoms with Crippen LogP contribution in [0.3, 0.4) is 0 Å². The van der Waals surface area contributed by atoms with E-state index in [4.69, 9.17) is 20.9 Å². The standard InChI is InChI=1S/C33H39ClN4O6/c1-21-24(17-43-30-10-9-23(13-29(30)34)14-35-33(18-39,19-40)20-41)5-3-6-26(21)27-7-4-8-28(22(27)2)32-36-31(44-37-32)16-38-12-11-25(42)15-38/h3-10,13,25,35,39-42H,11-12,14-20H2,1-2H3/t25-/m1/s1. The summed E-state index contributed by atoms with van der Waals surface area (Å²) in [6, 6.07) is 17.6. The van der Waals surface area contributed by atoms with Crippen molar-refractivity contribution >= 4 is 11.6 Å². The van der Waals surface area contributed by atoms with Gasteiger partial charge in [-0.15, -0.1) is 0 Å². The number of ether oxygens (including phenoxy) is 1. The summed E-state index contributed by atoms with van der Waals surface area (Å²) in [5.74, 6) is 1.61. The van der Waals surface area contributed by atoms with Gasteiger partial charge in [0.25, 0.3) is 0 Å². The number of β-amino-alcohol motifs (C(OH)–C–C–N with tert-alkyl or cyclic N) is 1. The highest BCUT2D eigenvalue weighted by Gasteiger charge is 2.27. The first-order chi connectivity index (χ1) is 21.3. The van der Waals surface area contributed by atoms with Gasteiger partial charge in [-0.1, -0.05) is 59.2 Å². The van der Waals surface area contributed by atoms with Crippen molar-refractivity contribution in [2.45, 2.75) is 51.6 Å². The molecule has 0 spiro atoms. The normalized spacial score (nSPS) is 15.7. The van der Waals surface area contributed by atoms with Crippen molar-refractivity contribution in [3.63, 3.8) is 0 Å². The van der Waals surface area contributed by atoms with Crippen LogP contribution < -0.4 is 10.1 Å². The minimum Gasteiger partial charge on any atom is -0.487 e. The van der Waals surface area contributed by atoms with Gasteiger partial charge in [0, 0.05) is 25.2 Å². The smallest absolute Gasteiger partial charge is 0.241 e. The predicted octanol–water partition coefficient (Wildman–Crippen LogP) is 3.62. The monoisotopic (exact) mass is 622 g/mol. The number of nitrogens with one attached hydrogen (secondary N) is 1. The number of halogens is 1. The molecule has 0 unspecified atom stereocenters. The summed E-state index contributed by atoms with van der Waals surface area (Å²) in [7, 11) is 0. The summed E-state index contributed by atoms with van der Waals surface area (Å²) < 4.78 is 11.7. The van der Waals surface area contributed by atoms with Crippen LogP contribution in [0.1, 0.15) is 34.6 Å². The molecule has 0 radical (unpaired) electrons. The molecular weight excluding hydrogens is 584 g/mol. The van der Waals surface area contributed by atoms with Crippen LogP contribution >= 0.6 is 11.6 Å². The Morgan fingerprint density at radius 3 is 2.39 bits per heavy atom. The van der Waals surface area contributed by atoms with E-state index in [-0.39, 0.29) is 6.10 Å². The molecule has 11 heteroatoms. The fourth-order valence-corrected chi connectivity index (χ4v) is 5.67. The van der Waals surface area contributed by atoms with Crippen LogP contribution in [0.25, 0.3) is 22.5 Å². The summed E-state index contributed by atoms with van der Waals surface area (Å²) in [5, 5.41) is 46.1. The summed E-state index contributed by atoms with van der Waals surface area (Å²) >= 11 is 6.53. The third-order valence-corrected chi connectivity index (χ3v) is 8.64. The van der Waals surface area contributed by atoms with Gasteiger partial charge in [-0.3, -0.25) is 4.90 Å². The van der Waals surface area contributed by atoms with Crippen molar-refractivity contribution in [3.05, 3.63) is 87.8 Å². The zero-order valence-electron chi connectivity index (χ0n) is 25.0. The average Bonchev–Trinajstić information content (AvgIpc) is 3.67. The lowest BCUT2D eigenvalue weighted by Gasteiger charge is -2.29. The number of likely N-dealkylation sites (tertiary alicyclic amines) is 1.